The van der Waals surface area contributed by atoms with E-state index in [9.17, 15) is 0 Å². The Kier molecular flexibility index (Phi) is 8.05. The summed E-state index contributed by atoms with van der Waals surface area (Å²) in [5.41, 5.74) is 16.8. The van der Waals surface area contributed by atoms with Crippen LogP contribution in [0.1, 0.15) is 0 Å². The van der Waals surface area contributed by atoms with Crippen LogP contribution in [0.4, 0.5) is 0 Å². The third-order valence-corrected chi connectivity index (χ3v) is 13.7. The Morgan fingerprint density at radius 3 is 1.65 bits per heavy atom. The van der Waals surface area contributed by atoms with Crippen LogP contribution in [0, 0.1) is 0 Å². The number of fused-ring (bicyclic) bond motifs is 9. The highest BCUT2D eigenvalue weighted by atomic mass is 32.1. The molecule has 0 fully saturated rings. The van der Waals surface area contributed by atoms with E-state index in [2.05, 4.69) is 209 Å². The maximum atomic E-state index is 5.21. The van der Waals surface area contributed by atoms with Crippen molar-refractivity contribution in [2.75, 3.05) is 0 Å². The van der Waals surface area contributed by atoms with Gasteiger partial charge in [-0.1, -0.05) is 127 Å². The number of rotatable bonds is 6. The van der Waals surface area contributed by atoms with Crippen molar-refractivity contribution in [3.8, 4) is 56.1 Å². The molecule has 4 nitrogen and oxygen atoms in total. The lowest BCUT2D eigenvalue weighted by molar-refractivity contribution is 1.18. The number of thiophene rings is 1. The molecule has 0 radical (unpaired) electrons. The van der Waals surface area contributed by atoms with E-state index in [1.807, 2.05) is 18.3 Å². The number of nitrogens with zero attached hydrogens (tertiary/aromatic N) is 4. The normalized spacial score (nSPS) is 11.8. The lowest BCUT2D eigenvalue weighted by Crippen LogP contribution is -1.95. The van der Waals surface area contributed by atoms with E-state index in [1.165, 1.54) is 75.1 Å². The van der Waals surface area contributed by atoms with E-state index in [1.54, 1.807) is 11.3 Å². The molecule has 8 aromatic carbocycles. The fraction of sp³-hybridized carbons (Fsp3) is 0. The van der Waals surface area contributed by atoms with Crippen molar-refractivity contribution in [2.45, 2.75) is 0 Å². The summed E-state index contributed by atoms with van der Waals surface area (Å²) in [5, 5.41) is 6.12. The maximum absolute atomic E-state index is 5.21. The van der Waals surface area contributed by atoms with Gasteiger partial charge in [-0.2, -0.15) is 0 Å². The van der Waals surface area contributed by atoms with Crippen LogP contribution >= 0.6 is 11.3 Å². The molecule has 0 aliphatic heterocycles. The van der Waals surface area contributed by atoms with E-state index >= 15 is 0 Å². The van der Waals surface area contributed by atoms with E-state index in [0.717, 1.165) is 45.0 Å². The first kappa shape index (κ1) is 35.6. The SMILES string of the molecule is c1ccc(-c2cc(-c3ccccc3)nc(-c3ccc(-n4c5ccccc5c5ccc(-c6ccc7c(c6)c6ccccc6n7-c6ccc7sc8cccnc8c7c6)cc54)cc3)c2)cc1. The first-order valence-electron chi connectivity index (χ1n) is 21.3. The molecule has 0 aliphatic carbocycles. The average Bonchev–Trinajstić information content (AvgIpc) is 4.01. The topological polar surface area (TPSA) is 35.6 Å². The molecule has 0 atom stereocenters. The van der Waals surface area contributed by atoms with Crippen LogP contribution in [0.2, 0.25) is 0 Å². The third kappa shape index (κ3) is 5.82. The lowest BCUT2D eigenvalue weighted by atomic mass is 10.00. The molecule has 0 spiro atoms. The van der Waals surface area contributed by atoms with Crippen LogP contribution in [-0.4, -0.2) is 19.1 Å². The zero-order chi connectivity index (χ0) is 41.4. The highest BCUT2D eigenvalue weighted by Gasteiger charge is 2.18. The Morgan fingerprint density at radius 2 is 0.889 bits per heavy atom. The summed E-state index contributed by atoms with van der Waals surface area (Å²) < 4.78 is 7.28. The molecule has 5 heteroatoms. The maximum Gasteiger partial charge on any atom is 0.0889 e. The van der Waals surface area contributed by atoms with Gasteiger partial charge in [0.25, 0.3) is 0 Å². The highest BCUT2D eigenvalue weighted by Crippen LogP contribution is 2.40. The molecule has 0 unspecified atom stereocenters. The molecule has 5 heterocycles. The van der Waals surface area contributed by atoms with Crippen LogP contribution in [0.25, 0.3) is 120 Å². The number of hydrogen-bond donors (Lipinski definition) is 0. The molecule has 13 rings (SSSR count). The molecule has 0 saturated carbocycles. The summed E-state index contributed by atoms with van der Waals surface area (Å²) in [6.45, 7) is 0. The molecule has 0 amide bonds. The highest BCUT2D eigenvalue weighted by molar-refractivity contribution is 7.25. The van der Waals surface area contributed by atoms with Gasteiger partial charge < -0.3 is 9.13 Å². The van der Waals surface area contributed by atoms with Crippen LogP contribution in [0.3, 0.4) is 0 Å². The van der Waals surface area contributed by atoms with Gasteiger partial charge in [0.15, 0.2) is 0 Å². The summed E-state index contributed by atoms with van der Waals surface area (Å²) >= 11 is 1.80. The summed E-state index contributed by atoms with van der Waals surface area (Å²) in [5.74, 6) is 0. The second-order valence-corrected chi connectivity index (χ2v) is 17.3. The van der Waals surface area contributed by atoms with Crippen LogP contribution in [0.5, 0.6) is 0 Å². The van der Waals surface area contributed by atoms with Gasteiger partial charge in [0.05, 0.1) is 43.7 Å². The van der Waals surface area contributed by atoms with Crippen molar-refractivity contribution in [1.82, 2.24) is 19.1 Å². The zero-order valence-electron chi connectivity index (χ0n) is 34.0. The molecule has 0 aliphatic rings. The Labute approximate surface area is 367 Å². The van der Waals surface area contributed by atoms with E-state index in [-0.39, 0.29) is 0 Å². The van der Waals surface area contributed by atoms with Gasteiger partial charge in [-0.05, 0) is 107 Å². The first-order valence-corrected chi connectivity index (χ1v) is 22.1. The fourth-order valence-electron chi connectivity index (χ4n) is 9.60. The van der Waals surface area contributed by atoms with Gasteiger partial charge in [-0.15, -0.1) is 11.3 Å². The second-order valence-electron chi connectivity index (χ2n) is 16.2. The molecule has 13 aromatic rings. The molecule has 5 aromatic heterocycles. The minimum Gasteiger partial charge on any atom is -0.309 e. The summed E-state index contributed by atoms with van der Waals surface area (Å²) in [4.78, 5) is 9.97. The second kappa shape index (κ2) is 14.2. The van der Waals surface area contributed by atoms with Crippen molar-refractivity contribution >= 4 is 75.3 Å². The Balaban J connectivity index is 0.925. The summed E-state index contributed by atoms with van der Waals surface area (Å²) in [7, 11) is 0. The Hall–Kier alpha value is -8.12. The number of pyridine rings is 2. The number of para-hydroxylation sites is 2. The van der Waals surface area contributed by atoms with Crippen molar-refractivity contribution < 1.29 is 0 Å². The number of aromatic nitrogens is 4. The number of hydrogen-bond acceptors (Lipinski definition) is 3. The number of benzene rings is 8. The third-order valence-electron chi connectivity index (χ3n) is 12.6. The van der Waals surface area contributed by atoms with Crippen LogP contribution in [0.15, 0.2) is 219 Å². The predicted octanol–water partition coefficient (Wildman–Crippen LogP) is 15.7. The molecule has 0 bridgehead atoms. The van der Waals surface area contributed by atoms with Crippen molar-refractivity contribution in [3.05, 3.63) is 219 Å². The molecular formula is C58H36N4S. The van der Waals surface area contributed by atoms with Crippen molar-refractivity contribution in [3.63, 3.8) is 0 Å². The molecular weight excluding hydrogens is 785 g/mol. The van der Waals surface area contributed by atoms with Gasteiger partial charge >= 0.3 is 0 Å². The fourth-order valence-corrected chi connectivity index (χ4v) is 10.6. The standard InChI is InChI=1S/C58H36N4S/c1-3-12-37(13-4-1)42-33-50(38-14-5-2-6-15-38)60-51(34-42)39-21-25-43(26-22-39)61-52-18-9-7-16-45(52)47-28-23-41(35-55(47)61)40-24-29-54-48(32-40)46-17-8-10-19-53(46)62(54)44-27-30-56-49(36-44)58-57(63-56)20-11-31-59-58/h1-36H. The zero-order valence-corrected chi connectivity index (χ0v) is 34.8. The van der Waals surface area contributed by atoms with Crippen LogP contribution in [-0.2, 0) is 0 Å². The monoisotopic (exact) mass is 820 g/mol. The van der Waals surface area contributed by atoms with Gasteiger partial charge in [-0.25, -0.2) is 4.98 Å². The minimum atomic E-state index is 0.945. The summed E-state index contributed by atoms with van der Waals surface area (Å²) in [6.07, 6.45) is 1.89. The lowest BCUT2D eigenvalue weighted by Gasteiger charge is -2.12. The molecule has 294 valence electrons. The van der Waals surface area contributed by atoms with Gasteiger partial charge in [0.1, 0.15) is 0 Å². The summed E-state index contributed by atoms with van der Waals surface area (Å²) in [6, 6.07) is 76.7. The van der Waals surface area contributed by atoms with Gasteiger partial charge in [0, 0.05) is 60.3 Å². The van der Waals surface area contributed by atoms with E-state index in [0.29, 0.717) is 0 Å². The molecule has 0 saturated heterocycles. The van der Waals surface area contributed by atoms with Gasteiger partial charge in [0.2, 0.25) is 0 Å². The van der Waals surface area contributed by atoms with Crippen LogP contribution < -0.4 is 0 Å². The Morgan fingerprint density at radius 1 is 0.317 bits per heavy atom. The molecule has 0 N–H and O–H groups in total. The average molecular weight is 821 g/mol. The first-order chi connectivity index (χ1) is 31.2. The van der Waals surface area contributed by atoms with Gasteiger partial charge in [-0.3, -0.25) is 4.98 Å². The quantitative estimate of drug-likeness (QED) is 0.167. The smallest absolute Gasteiger partial charge is 0.0889 e. The Bertz CT molecular complexity index is 3840. The predicted molar refractivity (Wildman–Crippen MR) is 265 cm³/mol. The van der Waals surface area contributed by atoms with E-state index in [4.69, 9.17) is 9.97 Å². The minimum absolute atomic E-state index is 0.945. The van der Waals surface area contributed by atoms with Crippen molar-refractivity contribution in [2.24, 2.45) is 0 Å². The van der Waals surface area contributed by atoms with E-state index < -0.39 is 0 Å². The van der Waals surface area contributed by atoms with Crippen molar-refractivity contribution in [1.29, 1.82) is 0 Å². The molecule has 63 heavy (non-hydrogen) atoms. The largest absolute Gasteiger partial charge is 0.309 e.